The largest absolute Gasteiger partial charge is 0.493 e. The van der Waals surface area contributed by atoms with Gasteiger partial charge in [0, 0.05) is 12.4 Å². The first-order valence-electron chi connectivity index (χ1n) is 9.94. The van der Waals surface area contributed by atoms with Crippen LogP contribution >= 0.6 is 0 Å². The van der Waals surface area contributed by atoms with Crippen molar-refractivity contribution >= 4 is 17.7 Å². The molecule has 0 bridgehead atoms. The van der Waals surface area contributed by atoms with Crippen LogP contribution in [0.2, 0.25) is 0 Å². The number of amides is 3. The third-order valence-corrected chi connectivity index (χ3v) is 5.59. The summed E-state index contributed by atoms with van der Waals surface area (Å²) in [4.78, 5) is 42.6. The zero-order valence-corrected chi connectivity index (χ0v) is 16.7. The molecule has 0 saturated heterocycles. The van der Waals surface area contributed by atoms with Gasteiger partial charge in [0.2, 0.25) is 5.91 Å². The molecule has 8 nitrogen and oxygen atoms in total. The van der Waals surface area contributed by atoms with Crippen molar-refractivity contribution in [3.05, 3.63) is 53.3 Å². The average molecular weight is 409 g/mol. The third kappa shape index (κ3) is 3.60. The van der Waals surface area contributed by atoms with E-state index in [-0.39, 0.29) is 23.7 Å². The number of aromatic nitrogens is 1. The van der Waals surface area contributed by atoms with E-state index in [9.17, 15) is 14.4 Å². The maximum atomic E-state index is 12.9. The standard InChI is InChI=1S/C22H23N3O5/c1-29-19-10-13(6-7-18(19)30-14-4-2-3-5-14)17(11-20(23)26)25-21(27)15-8-9-24-12-16(15)22(25)28/h6-10,12,14,17H,2-5,11H2,1H3,(H2,23,26). The minimum Gasteiger partial charge on any atom is -0.493 e. The average Bonchev–Trinajstić information content (AvgIpc) is 3.34. The van der Waals surface area contributed by atoms with Gasteiger partial charge in [-0.3, -0.25) is 24.3 Å². The molecule has 1 atom stereocenters. The quantitative estimate of drug-likeness (QED) is 0.704. The van der Waals surface area contributed by atoms with Crippen molar-refractivity contribution in [2.24, 2.45) is 5.73 Å². The molecule has 0 spiro atoms. The second kappa shape index (κ2) is 8.14. The monoisotopic (exact) mass is 409 g/mol. The molecule has 1 aliphatic carbocycles. The highest BCUT2D eigenvalue weighted by Gasteiger charge is 2.41. The van der Waals surface area contributed by atoms with Crippen molar-refractivity contribution in [2.75, 3.05) is 7.11 Å². The number of fused-ring (bicyclic) bond motifs is 1. The molecule has 2 N–H and O–H groups in total. The molecule has 3 amide bonds. The van der Waals surface area contributed by atoms with Gasteiger partial charge in [0.1, 0.15) is 0 Å². The highest BCUT2D eigenvalue weighted by Crippen LogP contribution is 2.38. The molecule has 156 valence electrons. The number of nitrogens with zero attached hydrogens (tertiary/aromatic N) is 2. The smallest absolute Gasteiger partial charge is 0.263 e. The van der Waals surface area contributed by atoms with Crippen LogP contribution in [-0.2, 0) is 4.79 Å². The molecule has 1 saturated carbocycles. The van der Waals surface area contributed by atoms with Gasteiger partial charge in [0.05, 0.1) is 36.8 Å². The number of hydrogen-bond donors (Lipinski definition) is 1. The van der Waals surface area contributed by atoms with Gasteiger partial charge < -0.3 is 15.2 Å². The van der Waals surface area contributed by atoms with E-state index in [1.165, 1.54) is 25.6 Å². The Hall–Kier alpha value is -3.42. The zero-order chi connectivity index (χ0) is 21.3. The number of nitrogens with two attached hydrogens (primary N) is 1. The Morgan fingerprint density at radius 3 is 2.57 bits per heavy atom. The second-order valence-corrected chi connectivity index (χ2v) is 7.52. The first-order valence-corrected chi connectivity index (χ1v) is 9.94. The molecule has 1 aromatic heterocycles. The molecule has 1 aliphatic heterocycles. The van der Waals surface area contributed by atoms with Crippen molar-refractivity contribution in [3.63, 3.8) is 0 Å². The van der Waals surface area contributed by atoms with Crippen molar-refractivity contribution in [1.82, 2.24) is 9.88 Å². The SMILES string of the molecule is COc1cc(C(CC(N)=O)N2C(=O)c3ccncc3C2=O)ccc1OC1CCCC1. The van der Waals surface area contributed by atoms with Gasteiger partial charge in [0.25, 0.3) is 11.8 Å². The maximum Gasteiger partial charge on any atom is 0.263 e. The number of primary amides is 1. The summed E-state index contributed by atoms with van der Waals surface area (Å²) in [6, 6.07) is 5.82. The molecule has 4 rings (SSSR count). The number of imide groups is 1. The van der Waals surface area contributed by atoms with Crippen LogP contribution in [0.25, 0.3) is 0 Å². The lowest BCUT2D eigenvalue weighted by Crippen LogP contribution is -2.36. The van der Waals surface area contributed by atoms with Crippen LogP contribution in [0.15, 0.2) is 36.7 Å². The Balaban J connectivity index is 1.68. The van der Waals surface area contributed by atoms with Gasteiger partial charge in [-0.05, 0) is 49.4 Å². The van der Waals surface area contributed by atoms with Crippen molar-refractivity contribution in [1.29, 1.82) is 0 Å². The van der Waals surface area contributed by atoms with Gasteiger partial charge in [0.15, 0.2) is 11.5 Å². The van der Waals surface area contributed by atoms with Crippen LogP contribution in [0.3, 0.4) is 0 Å². The maximum absolute atomic E-state index is 12.9. The van der Waals surface area contributed by atoms with Crippen molar-refractivity contribution in [2.45, 2.75) is 44.2 Å². The summed E-state index contributed by atoms with van der Waals surface area (Å²) in [5.41, 5.74) is 6.48. The first-order chi connectivity index (χ1) is 14.5. The third-order valence-electron chi connectivity index (χ3n) is 5.59. The van der Waals surface area contributed by atoms with E-state index >= 15 is 0 Å². The van der Waals surface area contributed by atoms with Crippen molar-refractivity contribution in [3.8, 4) is 11.5 Å². The summed E-state index contributed by atoms with van der Waals surface area (Å²) >= 11 is 0. The molecule has 30 heavy (non-hydrogen) atoms. The molecule has 0 radical (unpaired) electrons. The van der Waals surface area contributed by atoms with E-state index in [0.717, 1.165) is 30.6 Å². The number of pyridine rings is 1. The van der Waals surface area contributed by atoms with Crippen molar-refractivity contribution < 1.29 is 23.9 Å². The van der Waals surface area contributed by atoms with Crippen LogP contribution in [-0.4, -0.2) is 40.8 Å². The predicted octanol–water partition coefficient (Wildman–Crippen LogP) is 2.62. The fraction of sp³-hybridized carbons (Fsp3) is 0.364. The van der Waals surface area contributed by atoms with E-state index in [2.05, 4.69) is 4.98 Å². The fourth-order valence-electron chi connectivity index (χ4n) is 4.11. The Bertz CT molecular complexity index is 965. The fourth-order valence-corrected chi connectivity index (χ4v) is 4.11. The molecular formula is C22H23N3O5. The van der Waals surface area contributed by atoms with E-state index < -0.39 is 23.8 Å². The lowest BCUT2D eigenvalue weighted by atomic mass is 10.0. The van der Waals surface area contributed by atoms with Crippen LogP contribution in [0, 0.1) is 0 Å². The topological polar surface area (TPSA) is 112 Å². The number of methoxy groups -OCH3 is 1. The molecule has 8 heteroatoms. The normalized spacial score (nSPS) is 17.2. The van der Waals surface area contributed by atoms with Crippen LogP contribution in [0.4, 0.5) is 0 Å². The number of ether oxygens (including phenoxy) is 2. The number of carbonyl (C=O) groups is 3. The summed E-state index contributed by atoms with van der Waals surface area (Å²) in [5, 5.41) is 0. The van der Waals surface area contributed by atoms with E-state index in [4.69, 9.17) is 15.2 Å². The minimum atomic E-state index is -0.857. The second-order valence-electron chi connectivity index (χ2n) is 7.52. The number of benzene rings is 1. The highest BCUT2D eigenvalue weighted by atomic mass is 16.5. The first kappa shape index (κ1) is 19.9. The van der Waals surface area contributed by atoms with Gasteiger partial charge in [-0.15, -0.1) is 0 Å². The molecule has 1 aromatic carbocycles. The van der Waals surface area contributed by atoms with Gasteiger partial charge in [-0.25, -0.2) is 0 Å². The van der Waals surface area contributed by atoms with Crippen LogP contribution < -0.4 is 15.2 Å². The van der Waals surface area contributed by atoms with Crippen LogP contribution in [0.1, 0.15) is 64.4 Å². The predicted molar refractivity (Wildman–Crippen MR) is 107 cm³/mol. The summed E-state index contributed by atoms with van der Waals surface area (Å²) < 4.78 is 11.5. The highest BCUT2D eigenvalue weighted by molar-refractivity contribution is 6.21. The minimum absolute atomic E-state index is 0.148. The lowest BCUT2D eigenvalue weighted by molar-refractivity contribution is -0.118. The molecule has 1 fully saturated rings. The Labute approximate surface area is 174 Å². The zero-order valence-electron chi connectivity index (χ0n) is 16.7. The summed E-state index contributed by atoms with van der Waals surface area (Å²) in [6.45, 7) is 0. The molecule has 2 aromatic rings. The van der Waals surface area contributed by atoms with Crippen LogP contribution in [0.5, 0.6) is 11.5 Å². The lowest BCUT2D eigenvalue weighted by Gasteiger charge is -2.26. The number of rotatable bonds is 7. The molecule has 2 aliphatic rings. The number of carbonyl (C=O) groups excluding carboxylic acids is 3. The van der Waals surface area contributed by atoms with Gasteiger partial charge >= 0.3 is 0 Å². The van der Waals surface area contributed by atoms with Gasteiger partial charge in [-0.1, -0.05) is 6.07 Å². The van der Waals surface area contributed by atoms with E-state index in [1.54, 1.807) is 18.2 Å². The van der Waals surface area contributed by atoms with E-state index in [0.29, 0.717) is 17.1 Å². The summed E-state index contributed by atoms with van der Waals surface area (Å²) in [6.07, 6.45) is 7.03. The molecule has 1 unspecified atom stereocenters. The Morgan fingerprint density at radius 1 is 1.17 bits per heavy atom. The Morgan fingerprint density at radius 2 is 1.90 bits per heavy atom. The summed E-state index contributed by atoms with van der Waals surface area (Å²) in [7, 11) is 1.53. The summed E-state index contributed by atoms with van der Waals surface area (Å²) in [5.74, 6) is -0.530. The molecular weight excluding hydrogens is 386 g/mol. The van der Waals surface area contributed by atoms with Gasteiger partial charge in [-0.2, -0.15) is 0 Å². The molecule has 2 heterocycles. The number of hydrogen-bond acceptors (Lipinski definition) is 6. The van der Waals surface area contributed by atoms with E-state index in [1.807, 2.05) is 0 Å². The Kier molecular flexibility index (Phi) is 5.39.